The van der Waals surface area contributed by atoms with Crippen molar-refractivity contribution in [1.82, 2.24) is 4.98 Å². The van der Waals surface area contributed by atoms with Crippen molar-refractivity contribution in [2.75, 3.05) is 14.2 Å². The maximum atomic E-state index is 13.4. The first-order chi connectivity index (χ1) is 16.1. The molecule has 1 atom stereocenters. The zero-order chi connectivity index (χ0) is 23.2. The minimum Gasteiger partial charge on any atom is -0.497 e. The Labute approximate surface area is 191 Å². The summed E-state index contributed by atoms with van der Waals surface area (Å²) in [6.45, 7) is 0. The summed E-state index contributed by atoms with van der Waals surface area (Å²) < 4.78 is 16.2. The zero-order valence-electron chi connectivity index (χ0n) is 18.3. The molecule has 6 heteroatoms. The third-order valence-corrected chi connectivity index (χ3v) is 5.27. The Morgan fingerprint density at radius 2 is 1.67 bits per heavy atom. The van der Waals surface area contributed by atoms with Crippen LogP contribution in [0.5, 0.6) is 11.5 Å². The molecule has 0 spiro atoms. The van der Waals surface area contributed by atoms with Crippen molar-refractivity contribution in [1.29, 1.82) is 0 Å². The Morgan fingerprint density at radius 3 is 2.42 bits per heavy atom. The molecule has 0 saturated carbocycles. The highest BCUT2D eigenvalue weighted by Crippen LogP contribution is 2.28. The molecule has 0 aliphatic rings. The van der Waals surface area contributed by atoms with Gasteiger partial charge in [0.1, 0.15) is 11.5 Å². The Balaban J connectivity index is 1.61. The van der Waals surface area contributed by atoms with Gasteiger partial charge in [0.15, 0.2) is 6.10 Å². The Hall–Kier alpha value is -4.32. The number of nitrogens with one attached hydrogen (secondary N) is 1. The monoisotopic (exact) mass is 441 g/mol. The molecule has 3 aromatic carbocycles. The number of hydrogen-bond acceptors (Lipinski definition) is 5. The smallest absolute Gasteiger partial charge is 0.331 e. The second-order valence-electron chi connectivity index (χ2n) is 7.28. The van der Waals surface area contributed by atoms with E-state index in [0.717, 1.165) is 10.9 Å². The molecule has 1 heterocycles. The number of ketones is 1. The van der Waals surface area contributed by atoms with Crippen molar-refractivity contribution in [2.24, 2.45) is 0 Å². The van der Waals surface area contributed by atoms with Gasteiger partial charge in [0.05, 0.1) is 14.2 Å². The van der Waals surface area contributed by atoms with Crippen molar-refractivity contribution in [3.63, 3.8) is 0 Å². The van der Waals surface area contributed by atoms with Crippen LogP contribution >= 0.6 is 0 Å². The van der Waals surface area contributed by atoms with E-state index in [1.54, 1.807) is 61.8 Å². The molecule has 1 unspecified atom stereocenters. The van der Waals surface area contributed by atoms with Gasteiger partial charge in [-0.1, -0.05) is 48.5 Å². The zero-order valence-corrected chi connectivity index (χ0v) is 18.3. The van der Waals surface area contributed by atoms with Crippen LogP contribution < -0.4 is 9.47 Å². The van der Waals surface area contributed by atoms with E-state index >= 15 is 0 Å². The van der Waals surface area contributed by atoms with Crippen LogP contribution in [0.2, 0.25) is 0 Å². The van der Waals surface area contributed by atoms with E-state index < -0.39 is 12.1 Å². The number of H-pyrrole nitrogens is 1. The lowest BCUT2D eigenvalue weighted by Gasteiger charge is -2.16. The fraction of sp³-hybridized carbons (Fsp3) is 0.111. The lowest BCUT2D eigenvalue weighted by Crippen LogP contribution is -2.19. The fourth-order valence-electron chi connectivity index (χ4n) is 3.59. The molecular weight excluding hydrogens is 418 g/mol. The van der Waals surface area contributed by atoms with Crippen LogP contribution in [0.1, 0.15) is 27.6 Å². The molecule has 4 aromatic rings. The van der Waals surface area contributed by atoms with E-state index in [-0.39, 0.29) is 5.78 Å². The van der Waals surface area contributed by atoms with E-state index in [2.05, 4.69) is 4.98 Å². The summed E-state index contributed by atoms with van der Waals surface area (Å²) in [6, 6.07) is 21.7. The van der Waals surface area contributed by atoms with Gasteiger partial charge in [-0.2, -0.15) is 0 Å². The highest BCUT2D eigenvalue weighted by molar-refractivity contribution is 6.10. The minimum absolute atomic E-state index is 0.303. The number of aromatic nitrogens is 1. The summed E-state index contributed by atoms with van der Waals surface area (Å²) in [5.74, 6) is 0.241. The largest absolute Gasteiger partial charge is 0.497 e. The first-order valence-corrected chi connectivity index (χ1v) is 10.4. The number of esters is 1. The molecule has 166 valence electrons. The third-order valence-electron chi connectivity index (χ3n) is 5.27. The Morgan fingerprint density at radius 1 is 0.909 bits per heavy atom. The van der Waals surface area contributed by atoms with Gasteiger partial charge < -0.3 is 19.2 Å². The van der Waals surface area contributed by atoms with Crippen LogP contribution in [0.4, 0.5) is 0 Å². The molecule has 6 nitrogen and oxygen atoms in total. The quantitative estimate of drug-likeness (QED) is 0.226. The van der Waals surface area contributed by atoms with Gasteiger partial charge >= 0.3 is 5.97 Å². The van der Waals surface area contributed by atoms with Crippen LogP contribution in [0, 0.1) is 0 Å². The highest BCUT2D eigenvalue weighted by Gasteiger charge is 2.27. The van der Waals surface area contributed by atoms with Gasteiger partial charge in [-0.25, -0.2) is 4.79 Å². The summed E-state index contributed by atoms with van der Waals surface area (Å²) in [5, 5.41) is 0.776. The van der Waals surface area contributed by atoms with Crippen molar-refractivity contribution in [3.05, 3.63) is 102 Å². The first kappa shape index (κ1) is 21.9. The SMILES string of the molecule is COc1ccc(/C=C/C(=O)OC(C(=O)c2c[nH]c3ccccc23)c2ccccc2)c(OC)c1. The molecule has 0 saturated heterocycles. The molecule has 1 N–H and O–H groups in total. The first-order valence-electron chi connectivity index (χ1n) is 10.4. The van der Waals surface area contributed by atoms with Crippen molar-refractivity contribution < 1.29 is 23.8 Å². The molecule has 1 aromatic heterocycles. The van der Waals surface area contributed by atoms with Crippen molar-refractivity contribution in [2.45, 2.75) is 6.10 Å². The van der Waals surface area contributed by atoms with E-state index in [4.69, 9.17) is 14.2 Å². The Bertz CT molecular complexity index is 1310. The molecule has 4 rings (SSSR count). The number of rotatable bonds is 8. The lowest BCUT2D eigenvalue weighted by atomic mass is 9.99. The van der Waals surface area contributed by atoms with Crippen LogP contribution in [0.15, 0.2) is 85.1 Å². The van der Waals surface area contributed by atoms with Gasteiger partial charge in [-0.3, -0.25) is 4.79 Å². The standard InChI is InChI=1S/C27H23NO5/c1-31-20-14-12-18(24(16-20)32-2)13-15-25(29)33-27(19-8-4-3-5-9-19)26(30)22-17-28-23-11-7-6-10-21(22)23/h3-17,27-28H,1-2H3/b15-13+. The van der Waals surface area contributed by atoms with E-state index in [1.165, 1.54) is 13.2 Å². The third kappa shape index (κ3) is 4.80. The molecule has 0 amide bonds. The number of para-hydroxylation sites is 1. The van der Waals surface area contributed by atoms with Crippen molar-refractivity contribution >= 4 is 28.7 Å². The molecule has 0 aliphatic carbocycles. The van der Waals surface area contributed by atoms with E-state index in [0.29, 0.717) is 28.2 Å². The van der Waals surface area contributed by atoms with Gasteiger partial charge in [0.2, 0.25) is 5.78 Å². The van der Waals surface area contributed by atoms with Crippen LogP contribution in [-0.4, -0.2) is 31.0 Å². The van der Waals surface area contributed by atoms with Crippen LogP contribution in [-0.2, 0) is 9.53 Å². The molecule has 0 bridgehead atoms. The second-order valence-corrected chi connectivity index (χ2v) is 7.28. The van der Waals surface area contributed by atoms with Gasteiger partial charge in [0, 0.05) is 45.9 Å². The molecule has 0 radical (unpaired) electrons. The number of carbonyl (C=O) groups is 2. The normalized spacial score (nSPS) is 11.9. The topological polar surface area (TPSA) is 77.6 Å². The number of benzene rings is 3. The second kappa shape index (κ2) is 9.87. The minimum atomic E-state index is -1.08. The van der Waals surface area contributed by atoms with Gasteiger partial charge in [-0.05, 0) is 24.3 Å². The number of methoxy groups -OCH3 is 2. The summed E-state index contributed by atoms with van der Waals surface area (Å²) in [6.07, 6.45) is 3.43. The molecule has 0 aliphatic heterocycles. The number of fused-ring (bicyclic) bond motifs is 1. The highest BCUT2D eigenvalue weighted by atomic mass is 16.5. The number of Topliss-reactive ketones (excluding diaryl/α,β-unsaturated/α-hetero) is 1. The maximum absolute atomic E-state index is 13.4. The number of hydrogen-bond donors (Lipinski definition) is 1. The maximum Gasteiger partial charge on any atom is 0.331 e. The van der Waals surface area contributed by atoms with E-state index in [1.807, 2.05) is 30.3 Å². The predicted molar refractivity (Wildman–Crippen MR) is 126 cm³/mol. The average molecular weight is 441 g/mol. The van der Waals surface area contributed by atoms with Crippen molar-refractivity contribution in [3.8, 4) is 11.5 Å². The molecule has 33 heavy (non-hydrogen) atoms. The number of ether oxygens (including phenoxy) is 3. The summed E-state index contributed by atoms with van der Waals surface area (Å²) in [7, 11) is 3.10. The lowest BCUT2D eigenvalue weighted by molar-refractivity contribution is -0.141. The van der Waals surface area contributed by atoms with Crippen LogP contribution in [0.25, 0.3) is 17.0 Å². The average Bonchev–Trinajstić information content (AvgIpc) is 3.30. The van der Waals surface area contributed by atoms with E-state index in [9.17, 15) is 9.59 Å². The molecule has 0 fully saturated rings. The number of carbonyl (C=O) groups excluding carboxylic acids is 2. The van der Waals surface area contributed by atoms with Crippen LogP contribution in [0.3, 0.4) is 0 Å². The fourth-order valence-corrected chi connectivity index (χ4v) is 3.59. The summed E-state index contributed by atoms with van der Waals surface area (Å²) >= 11 is 0. The molecular formula is C27H23NO5. The summed E-state index contributed by atoms with van der Waals surface area (Å²) in [4.78, 5) is 29.3. The number of aromatic amines is 1. The predicted octanol–water partition coefficient (Wildman–Crippen LogP) is 5.37. The van der Waals surface area contributed by atoms with Gasteiger partial charge in [0.25, 0.3) is 0 Å². The van der Waals surface area contributed by atoms with Gasteiger partial charge in [-0.15, -0.1) is 0 Å². The summed E-state index contributed by atoms with van der Waals surface area (Å²) in [5.41, 5.74) is 2.57. The Kier molecular flexibility index (Phi) is 6.55.